The first kappa shape index (κ1) is 18.4. The molecule has 0 N–H and O–H groups in total. The number of amides is 1. The quantitative estimate of drug-likeness (QED) is 0.574. The van der Waals surface area contributed by atoms with Crippen molar-refractivity contribution in [1.29, 1.82) is 0 Å². The zero-order chi connectivity index (χ0) is 18.8. The predicted octanol–water partition coefficient (Wildman–Crippen LogP) is 3.55. The van der Waals surface area contributed by atoms with Gasteiger partial charge in [0.25, 0.3) is 0 Å². The molecule has 142 valence electrons. The molecule has 1 aromatic carbocycles. The highest BCUT2D eigenvalue weighted by Crippen LogP contribution is 2.28. The van der Waals surface area contributed by atoms with Gasteiger partial charge in [0.2, 0.25) is 5.91 Å². The molecular formula is C20H23BrN4O2. The molecule has 0 aliphatic carbocycles. The molecule has 1 aliphatic rings. The molecule has 1 saturated heterocycles. The lowest BCUT2D eigenvalue weighted by Gasteiger charge is -2.16. The van der Waals surface area contributed by atoms with Gasteiger partial charge in [0.15, 0.2) is 0 Å². The van der Waals surface area contributed by atoms with E-state index < -0.39 is 0 Å². The van der Waals surface area contributed by atoms with E-state index in [1.165, 1.54) is 0 Å². The van der Waals surface area contributed by atoms with Crippen molar-refractivity contribution in [1.82, 2.24) is 19.4 Å². The smallest absolute Gasteiger partial charge is 0.222 e. The predicted molar refractivity (Wildman–Crippen MR) is 109 cm³/mol. The Morgan fingerprint density at radius 1 is 1.26 bits per heavy atom. The van der Waals surface area contributed by atoms with Crippen molar-refractivity contribution in [3.63, 3.8) is 0 Å². The standard InChI is InChI=1S/C20H23BrN4O2/c1-27-11-7-18-23-17-13-22-16-6-5-14(21)12-15(16)20(17)25(18)10-3-9-24-8-2-4-19(24)26/h5-6,12-13H,2-4,7-11H2,1H3. The molecule has 3 heterocycles. The molecule has 1 fully saturated rings. The highest BCUT2D eigenvalue weighted by atomic mass is 79.9. The van der Waals surface area contributed by atoms with Crippen molar-refractivity contribution < 1.29 is 9.53 Å². The van der Waals surface area contributed by atoms with Crippen molar-refractivity contribution in [2.75, 3.05) is 26.8 Å². The second kappa shape index (κ2) is 7.94. The Morgan fingerprint density at radius 3 is 2.93 bits per heavy atom. The third-order valence-electron chi connectivity index (χ3n) is 5.12. The molecule has 1 aliphatic heterocycles. The van der Waals surface area contributed by atoms with Crippen molar-refractivity contribution in [3.05, 3.63) is 34.7 Å². The van der Waals surface area contributed by atoms with Gasteiger partial charge in [0, 0.05) is 49.4 Å². The fourth-order valence-corrected chi connectivity index (χ4v) is 4.18. The summed E-state index contributed by atoms with van der Waals surface area (Å²) in [5.41, 5.74) is 2.98. The molecule has 7 heteroatoms. The molecule has 1 amide bonds. The average Bonchev–Trinajstić information content (AvgIpc) is 3.23. The summed E-state index contributed by atoms with van der Waals surface area (Å²) in [5, 5.41) is 1.09. The number of methoxy groups -OCH3 is 1. The van der Waals surface area contributed by atoms with Crippen LogP contribution < -0.4 is 0 Å². The Bertz CT molecular complexity index is 985. The van der Waals surface area contributed by atoms with Gasteiger partial charge >= 0.3 is 0 Å². The number of benzene rings is 1. The second-order valence-corrected chi connectivity index (χ2v) is 7.83. The maximum absolute atomic E-state index is 11.9. The monoisotopic (exact) mass is 430 g/mol. The summed E-state index contributed by atoms with van der Waals surface area (Å²) in [6.07, 6.45) is 5.19. The summed E-state index contributed by atoms with van der Waals surface area (Å²) < 4.78 is 8.58. The first-order valence-electron chi connectivity index (χ1n) is 9.37. The lowest BCUT2D eigenvalue weighted by molar-refractivity contribution is -0.127. The van der Waals surface area contributed by atoms with Crippen molar-refractivity contribution >= 4 is 43.8 Å². The first-order chi connectivity index (χ1) is 13.2. The molecule has 0 atom stereocenters. The van der Waals surface area contributed by atoms with Gasteiger partial charge in [-0.25, -0.2) is 4.98 Å². The van der Waals surface area contributed by atoms with Gasteiger partial charge in [-0.05, 0) is 31.0 Å². The van der Waals surface area contributed by atoms with Gasteiger partial charge in [-0.2, -0.15) is 0 Å². The molecule has 3 aromatic rings. The number of imidazole rings is 1. The number of halogens is 1. The Labute approximate surface area is 166 Å². The van der Waals surface area contributed by atoms with Crippen LogP contribution >= 0.6 is 15.9 Å². The van der Waals surface area contributed by atoms with Crippen LogP contribution in [0.1, 0.15) is 25.1 Å². The van der Waals surface area contributed by atoms with Gasteiger partial charge in [-0.15, -0.1) is 0 Å². The zero-order valence-electron chi connectivity index (χ0n) is 15.4. The topological polar surface area (TPSA) is 60.3 Å². The molecule has 0 bridgehead atoms. The minimum Gasteiger partial charge on any atom is -0.384 e. The normalized spacial score (nSPS) is 14.7. The average molecular weight is 431 g/mol. The first-order valence-corrected chi connectivity index (χ1v) is 10.2. The number of aromatic nitrogens is 3. The van der Waals surface area contributed by atoms with Gasteiger partial charge in [0.1, 0.15) is 11.3 Å². The van der Waals surface area contributed by atoms with Crippen LogP contribution in [0.4, 0.5) is 0 Å². The van der Waals surface area contributed by atoms with Gasteiger partial charge < -0.3 is 14.2 Å². The number of aryl methyl sites for hydroxylation is 1. The minimum absolute atomic E-state index is 0.281. The molecular weight excluding hydrogens is 408 g/mol. The van der Waals surface area contributed by atoms with E-state index in [2.05, 4.69) is 31.5 Å². The number of likely N-dealkylation sites (tertiary alicyclic amines) is 1. The molecule has 0 radical (unpaired) electrons. The number of ether oxygens (including phenoxy) is 1. The van der Waals surface area contributed by atoms with Crippen LogP contribution in [0, 0.1) is 0 Å². The van der Waals surface area contributed by atoms with Crippen LogP contribution in [-0.4, -0.2) is 52.1 Å². The fourth-order valence-electron chi connectivity index (χ4n) is 3.82. The van der Waals surface area contributed by atoms with Gasteiger partial charge in [-0.3, -0.25) is 9.78 Å². The molecule has 27 heavy (non-hydrogen) atoms. The number of carbonyl (C=O) groups is 1. The molecule has 0 saturated carbocycles. The van der Waals surface area contributed by atoms with E-state index in [1.807, 2.05) is 23.2 Å². The highest BCUT2D eigenvalue weighted by Gasteiger charge is 2.20. The zero-order valence-corrected chi connectivity index (χ0v) is 17.0. The van der Waals surface area contributed by atoms with Crippen LogP contribution in [0.3, 0.4) is 0 Å². The van der Waals surface area contributed by atoms with Crippen LogP contribution in [-0.2, 0) is 22.5 Å². The van der Waals surface area contributed by atoms with Crippen LogP contribution in [0.25, 0.3) is 21.9 Å². The number of hydrogen-bond donors (Lipinski definition) is 0. The van der Waals surface area contributed by atoms with Crippen LogP contribution in [0.5, 0.6) is 0 Å². The Hall–Kier alpha value is -1.99. The number of pyridine rings is 1. The number of hydrogen-bond acceptors (Lipinski definition) is 4. The van der Waals surface area contributed by atoms with Crippen LogP contribution in [0.15, 0.2) is 28.9 Å². The third kappa shape index (κ3) is 3.71. The minimum atomic E-state index is 0.281. The maximum Gasteiger partial charge on any atom is 0.222 e. The summed E-state index contributed by atoms with van der Waals surface area (Å²) in [6, 6.07) is 6.13. The van der Waals surface area contributed by atoms with E-state index in [0.29, 0.717) is 13.0 Å². The summed E-state index contributed by atoms with van der Waals surface area (Å²) >= 11 is 3.57. The summed E-state index contributed by atoms with van der Waals surface area (Å²) in [7, 11) is 1.71. The molecule has 4 rings (SSSR count). The highest BCUT2D eigenvalue weighted by molar-refractivity contribution is 9.10. The largest absolute Gasteiger partial charge is 0.384 e. The van der Waals surface area contributed by atoms with E-state index in [1.54, 1.807) is 7.11 Å². The number of fused-ring (bicyclic) bond motifs is 3. The Morgan fingerprint density at radius 2 is 2.15 bits per heavy atom. The number of rotatable bonds is 7. The lowest BCUT2D eigenvalue weighted by Crippen LogP contribution is -2.26. The molecule has 0 spiro atoms. The SMILES string of the molecule is COCCc1nc2cnc3ccc(Br)cc3c2n1CCCN1CCCC1=O. The molecule has 2 aromatic heterocycles. The fraction of sp³-hybridized carbons (Fsp3) is 0.450. The Kier molecular flexibility index (Phi) is 5.41. The lowest BCUT2D eigenvalue weighted by atomic mass is 10.2. The third-order valence-corrected chi connectivity index (χ3v) is 5.62. The van der Waals surface area contributed by atoms with E-state index in [9.17, 15) is 4.79 Å². The number of nitrogens with zero attached hydrogens (tertiary/aromatic N) is 4. The van der Waals surface area contributed by atoms with E-state index >= 15 is 0 Å². The maximum atomic E-state index is 11.9. The summed E-state index contributed by atoms with van der Waals surface area (Å²) in [4.78, 5) is 23.2. The van der Waals surface area contributed by atoms with E-state index in [0.717, 1.165) is 71.1 Å². The van der Waals surface area contributed by atoms with Gasteiger partial charge in [-0.1, -0.05) is 15.9 Å². The number of carbonyl (C=O) groups excluding carboxylic acids is 1. The van der Waals surface area contributed by atoms with E-state index in [4.69, 9.17) is 9.72 Å². The van der Waals surface area contributed by atoms with E-state index in [-0.39, 0.29) is 5.91 Å². The van der Waals surface area contributed by atoms with Crippen molar-refractivity contribution in [2.24, 2.45) is 0 Å². The molecule has 6 nitrogen and oxygen atoms in total. The molecule has 0 unspecified atom stereocenters. The summed E-state index contributed by atoms with van der Waals surface area (Å²) in [6.45, 7) is 3.14. The van der Waals surface area contributed by atoms with Crippen molar-refractivity contribution in [2.45, 2.75) is 32.2 Å². The second-order valence-electron chi connectivity index (χ2n) is 6.91. The van der Waals surface area contributed by atoms with Crippen LogP contribution in [0.2, 0.25) is 0 Å². The Balaban J connectivity index is 1.70. The van der Waals surface area contributed by atoms with Gasteiger partial charge in [0.05, 0.1) is 23.8 Å². The summed E-state index contributed by atoms with van der Waals surface area (Å²) in [5.74, 6) is 1.29. The van der Waals surface area contributed by atoms with Crippen molar-refractivity contribution in [3.8, 4) is 0 Å².